The number of rotatable bonds is 4. The summed E-state index contributed by atoms with van der Waals surface area (Å²) < 4.78 is 5.47. The van der Waals surface area contributed by atoms with Crippen LogP contribution in [0.3, 0.4) is 0 Å². The third-order valence-electron chi connectivity index (χ3n) is 3.29. The molecule has 1 fully saturated rings. The van der Waals surface area contributed by atoms with Crippen molar-refractivity contribution in [2.24, 2.45) is 0 Å². The number of nitro groups is 1. The van der Waals surface area contributed by atoms with E-state index < -0.39 is 4.92 Å². The monoisotopic (exact) mass is 281 g/mol. The van der Waals surface area contributed by atoms with Crippen LogP contribution >= 0.6 is 0 Å². The van der Waals surface area contributed by atoms with Crippen LogP contribution in [0.2, 0.25) is 0 Å². The van der Waals surface area contributed by atoms with Crippen LogP contribution in [-0.2, 0) is 4.74 Å². The van der Waals surface area contributed by atoms with Gasteiger partial charge in [0.1, 0.15) is 5.69 Å². The zero-order chi connectivity index (χ0) is 14.7. The summed E-state index contributed by atoms with van der Waals surface area (Å²) >= 11 is 0. The maximum Gasteiger partial charge on any atom is 0.332 e. The van der Waals surface area contributed by atoms with Gasteiger partial charge in [-0.2, -0.15) is 4.98 Å². The Kier molecular flexibility index (Phi) is 4.33. The van der Waals surface area contributed by atoms with Crippen molar-refractivity contribution < 1.29 is 9.66 Å². The van der Waals surface area contributed by atoms with Crippen LogP contribution in [0.15, 0.2) is 0 Å². The van der Waals surface area contributed by atoms with Crippen LogP contribution in [0.5, 0.6) is 0 Å². The van der Waals surface area contributed by atoms with Gasteiger partial charge in [-0.15, -0.1) is 0 Å². The highest BCUT2D eigenvalue weighted by Crippen LogP contribution is 2.28. The molecule has 2 atom stereocenters. The fraction of sp³-hybridized carbons (Fsp3) is 0.667. The molecule has 2 rings (SSSR count). The average Bonchev–Trinajstić information content (AvgIpc) is 2.37. The van der Waals surface area contributed by atoms with Gasteiger partial charge in [-0.25, -0.2) is 4.98 Å². The van der Waals surface area contributed by atoms with E-state index in [2.05, 4.69) is 20.6 Å². The molecule has 1 aromatic heterocycles. The Bertz CT molecular complexity index is 508. The molecule has 0 bridgehead atoms. The molecule has 0 aliphatic carbocycles. The van der Waals surface area contributed by atoms with Crippen LogP contribution < -0.4 is 10.6 Å². The maximum absolute atomic E-state index is 11.2. The predicted molar refractivity (Wildman–Crippen MR) is 75.0 cm³/mol. The summed E-state index contributed by atoms with van der Waals surface area (Å²) in [5.41, 5.74) is 0.278. The van der Waals surface area contributed by atoms with Crippen molar-refractivity contribution in [2.45, 2.75) is 38.8 Å². The molecule has 2 unspecified atom stereocenters. The fourth-order valence-corrected chi connectivity index (χ4v) is 2.32. The summed E-state index contributed by atoms with van der Waals surface area (Å²) in [6.45, 7) is 4.25. The zero-order valence-corrected chi connectivity index (χ0v) is 11.8. The minimum atomic E-state index is -0.445. The van der Waals surface area contributed by atoms with E-state index in [0.29, 0.717) is 18.2 Å². The van der Waals surface area contributed by atoms with Gasteiger partial charge < -0.3 is 15.4 Å². The van der Waals surface area contributed by atoms with E-state index in [1.54, 1.807) is 14.0 Å². The number of aryl methyl sites for hydroxylation is 1. The highest BCUT2D eigenvalue weighted by molar-refractivity contribution is 5.61. The first-order valence-electron chi connectivity index (χ1n) is 6.60. The topological polar surface area (TPSA) is 102 Å². The van der Waals surface area contributed by atoms with Crippen LogP contribution in [-0.4, -0.2) is 40.7 Å². The lowest BCUT2D eigenvalue weighted by atomic mass is 10.0. The third kappa shape index (κ3) is 3.13. The van der Waals surface area contributed by atoms with Crippen molar-refractivity contribution >= 4 is 17.5 Å². The maximum atomic E-state index is 11.2. The highest BCUT2D eigenvalue weighted by atomic mass is 16.6. The van der Waals surface area contributed by atoms with Gasteiger partial charge in [0, 0.05) is 19.7 Å². The molecule has 8 nitrogen and oxygen atoms in total. The first-order chi connectivity index (χ1) is 9.51. The zero-order valence-electron chi connectivity index (χ0n) is 11.8. The summed E-state index contributed by atoms with van der Waals surface area (Å²) in [7, 11) is 1.68. The Morgan fingerprint density at radius 3 is 2.80 bits per heavy atom. The summed E-state index contributed by atoms with van der Waals surface area (Å²) in [4.78, 5) is 19.0. The van der Waals surface area contributed by atoms with Crippen molar-refractivity contribution in [3.05, 3.63) is 15.8 Å². The minimum absolute atomic E-state index is 0.0665. The van der Waals surface area contributed by atoms with E-state index >= 15 is 0 Å². The summed E-state index contributed by atoms with van der Waals surface area (Å²) in [5, 5.41) is 17.2. The Morgan fingerprint density at radius 2 is 2.20 bits per heavy atom. The molecule has 20 heavy (non-hydrogen) atoms. The van der Waals surface area contributed by atoms with Gasteiger partial charge >= 0.3 is 5.69 Å². The van der Waals surface area contributed by atoms with Crippen molar-refractivity contribution in [1.29, 1.82) is 0 Å². The van der Waals surface area contributed by atoms with Crippen molar-refractivity contribution in [2.75, 3.05) is 24.3 Å². The lowest BCUT2D eigenvalue weighted by molar-refractivity contribution is -0.385. The summed E-state index contributed by atoms with van der Waals surface area (Å²) in [5.74, 6) is 0.640. The van der Waals surface area contributed by atoms with Gasteiger partial charge in [-0.1, -0.05) is 0 Å². The van der Waals surface area contributed by atoms with Crippen molar-refractivity contribution in [1.82, 2.24) is 9.97 Å². The molecule has 0 radical (unpaired) electrons. The van der Waals surface area contributed by atoms with E-state index in [0.717, 1.165) is 12.8 Å². The number of aromatic nitrogens is 2. The molecule has 0 spiro atoms. The normalized spacial score (nSPS) is 22.4. The lowest BCUT2D eigenvalue weighted by Crippen LogP contribution is -2.33. The first kappa shape index (κ1) is 14.4. The number of hydrogen-bond donors (Lipinski definition) is 2. The van der Waals surface area contributed by atoms with E-state index in [9.17, 15) is 10.1 Å². The van der Waals surface area contributed by atoms with Crippen LogP contribution in [0, 0.1) is 17.0 Å². The number of nitrogens with zero attached hydrogens (tertiary/aromatic N) is 3. The molecule has 1 aliphatic rings. The Hall–Kier alpha value is -1.96. The summed E-state index contributed by atoms with van der Waals surface area (Å²) in [6.07, 6.45) is 1.75. The largest absolute Gasteiger partial charge is 0.378 e. The second-order valence-electron chi connectivity index (χ2n) is 4.88. The van der Waals surface area contributed by atoms with Crippen LogP contribution in [0.25, 0.3) is 0 Å². The molecule has 8 heteroatoms. The SMILES string of the molecule is CNc1nc(C)c([N+](=O)[O-])c(NC2CCOC(C)C2)n1. The van der Waals surface area contributed by atoms with Gasteiger partial charge in [0.15, 0.2) is 0 Å². The Morgan fingerprint density at radius 1 is 1.45 bits per heavy atom. The average molecular weight is 281 g/mol. The second kappa shape index (κ2) is 6.00. The molecule has 1 aromatic rings. The molecule has 2 heterocycles. The van der Waals surface area contributed by atoms with Gasteiger partial charge in [-0.05, 0) is 26.7 Å². The second-order valence-corrected chi connectivity index (χ2v) is 4.88. The smallest absolute Gasteiger partial charge is 0.332 e. The Balaban J connectivity index is 2.28. The molecule has 1 aliphatic heterocycles. The molecule has 0 aromatic carbocycles. The van der Waals surface area contributed by atoms with E-state index in [4.69, 9.17) is 4.74 Å². The van der Waals surface area contributed by atoms with E-state index in [1.165, 1.54) is 0 Å². The predicted octanol–water partition coefficient (Wildman–Crippen LogP) is 1.71. The first-order valence-corrected chi connectivity index (χ1v) is 6.60. The summed E-state index contributed by atoms with van der Waals surface area (Å²) in [6, 6.07) is 0.122. The van der Waals surface area contributed by atoms with E-state index in [-0.39, 0.29) is 23.7 Å². The minimum Gasteiger partial charge on any atom is -0.378 e. The molecule has 2 N–H and O–H groups in total. The number of hydrogen-bond acceptors (Lipinski definition) is 7. The van der Waals surface area contributed by atoms with Crippen molar-refractivity contribution in [3.63, 3.8) is 0 Å². The molecule has 1 saturated heterocycles. The van der Waals surface area contributed by atoms with Gasteiger partial charge in [0.25, 0.3) is 0 Å². The van der Waals surface area contributed by atoms with Gasteiger partial charge in [0.2, 0.25) is 11.8 Å². The molecule has 110 valence electrons. The number of anilines is 2. The van der Waals surface area contributed by atoms with E-state index in [1.807, 2.05) is 6.92 Å². The standard InChI is InChI=1S/C12H19N5O3/c1-7-6-9(4-5-20-7)15-11-10(17(18)19)8(2)14-12(13-3)16-11/h7,9H,4-6H2,1-3H3,(H2,13,14,15,16). The molecule has 0 saturated carbocycles. The molecule has 0 amide bonds. The molecular formula is C12H19N5O3. The lowest BCUT2D eigenvalue weighted by Gasteiger charge is -2.28. The fourth-order valence-electron chi connectivity index (χ4n) is 2.32. The van der Waals surface area contributed by atoms with Crippen LogP contribution in [0.1, 0.15) is 25.5 Å². The number of ether oxygens (including phenoxy) is 1. The van der Waals surface area contributed by atoms with Crippen molar-refractivity contribution in [3.8, 4) is 0 Å². The highest BCUT2D eigenvalue weighted by Gasteiger charge is 2.26. The number of nitrogens with one attached hydrogen (secondary N) is 2. The Labute approximate surface area is 117 Å². The van der Waals surface area contributed by atoms with Gasteiger partial charge in [0.05, 0.1) is 11.0 Å². The quantitative estimate of drug-likeness (QED) is 0.639. The third-order valence-corrected chi connectivity index (χ3v) is 3.29. The van der Waals surface area contributed by atoms with Crippen LogP contribution in [0.4, 0.5) is 17.5 Å². The van der Waals surface area contributed by atoms with Gasteiger partial charge in [-0.3, -0.25) is 10.1 Å². The molecular weight excluding hydrogens is 262 g/mol.